The van der Waals surface area contributed by atoms with Crippen LogP contribution in [0.15, 0.2) is 49.2 Å². The van der Waals surface area contributed by atoms with Crippen LogP contribution in [0.5, 0.6) is 0 Å². The Balaban J connectivity index is 1.09. The highest BCUT2D eigenvalue weighted by molar-refractivity contribution is 5.69. The van der Waals surface area contributed by atoms with Crippen LogP contribution in [-0.4, -0.2) is 95.3 Å². The first-order chi connectivity index (χ1) is 22.8. The molecular weight excluding hydrogens is 610 g/mol. The Hall–Kier alpha value is -4.68. The van der Waals surface area contributed by atoms with Crippen LogP contribution in [0, 0.1) is 5.92 Å². The van der Waals surface area contributed by atoms with Gasteiger partial charge in [0, 0.05) is 56.9 Å². The molecule has 2 aliphatic rings. The van der Waals surface area contributed by atoms with E-state index in [2.05, 4.69) is 26.3 Å². The SMILES string of the molecule is CC(C)(C)OC(=O)N1CCN(c2cncc(-c3cn(Cc4cn5cc(CN(CC6CCC6)C(=O)OC(C)(C)C)ccc5n4)nn3)c2)CC1. The van der Waals surface area contributed by atoms with Gasteiger partial charge in [0.1, 0.15) is 22.5 Å². The molecule has 1 aliphatic heterocycles. The van der Waals surface area contributed by atoms with Crippen LogP contribution in [0.4, 0.5) is 15.3 Å². The minimum Gasteiger partial charge on any atom is -0.444 e. The van der Waals surface area contributed by atoms with Crippen LogP contribution in [0.25, 0.3) is 16.9 Å². The second-order valence-corrected chi connectivity index (χ2v) is 14.9. The van der Waals surface area contributed by atoms with Gasteiger partial charge in [-0.3, -0.25) is 4.98 Å². The van der Waals surface area contributed by atoms with Gasteiger partial charge in [-0.05, 0) is 78.0 Å². The molecule has 13 nitrogen and oxygen atoms in total. The second kappa shape index (κ2) is 13.4. The summed E-state index contributed by atoms with van der Waals surface area (Å²) in [6.45, 7) is 15.5. The molecule has 4 aromatic rings. The molecular formula is C35H47N9O4. The topological polar surface area (TPSA) is 123 Å². The van der Waals surface area contributed by atoms with Crippen molar-refractivity contribution in [3.05, 3.63) is 60.4 Å². The zero-order valence-electron chi connectivity index (χ0n) is 28.9. The van der Waals surface area contributed by atoms with Gasteiger partial charge in [-0.2, -0.15) is 0 Å². The van der Waals surface area contributed by atoms with Gasteiger partial charge in [-0.25, -0.2) is 19.3 Å². The lowest BCUT2D eigenvalue weighted by Crippen LogP contribution is -2.50. The highest BCUT2D eigenvalue weighted by Crippen LogP contribution is 2.29. The molecule has 2 amide bonds. The Bertz CT molecular complexity index is 1740. The Morgan fingerprint density at radius 1 is 0.938 bits per heavy atom. The molecule has 1 saturated heterocycles. The highest BCUT2D eigenvalue weighted by Gasteiger charge is 2.28. The van der Waals surface area contributed by atoms with E-state index in [9.17, 15) is 9.59 Å². The predicted molar refractivity (Wildman–Crippen MR) is 182 cm³/mol. The summed E-state index contributed by atoms with van der Waals surface area (Å²) in [4.78, 5) is 40.6. The summed E-state index contributed by atoms with van der Waals surface area (Å²) >= 11 is 0. The van der Waals surface area contributed by atoms with Crippen molar-refractivity contribution >= 4 is 23.5 Å². The first-order valence-electron chi connectivity index (χ1n) is 16.8. The highest BCUT2D eigenvalue weighted by atomic mass is 16.6. The summed E-state index contributed by atoms with van der Waals surface area (Å²) < 4.78 is 15.0. The predicted octanol–water partition coefficient (Wildman–Crippen LogP) is 5.63. The molecule has 48 heavy (non-hydrogen) atoms. The zero-order valence-corrected chi connectivity index (χ0v) is 28.9. The lowest BCUT2D eigenvalue weighted by Gasteiger charge is -2.36. The normalized spacial score (nSPS) is 15.8. The third kappa shape index (κ3) is 8.42. The monoisotopic (exact) mass is 657 g/mol. The number of hydrogen-bond acceptors (Lipinski definition) is 9. The molecule has 1 saturated carbocycles. The summed E-state index contributed by atoms with van der Waals surface area (Å²) in [7, 11) is 0. The van der Waals surface area contributed by atoms with E-state index in [0.717, 1.165) is 46.7 Å². The Kier molecular flexibility index (Phi) is 9.30. The van der Waals surface area contributed by atoms with Crippen LogP contribution in [0.2, 0.25) is 0 Å². The van der Waals surface area contributed by atoms with Crippen LogP contribution >= 0.6 is 0 Å². The summed E-state index contributed by atoms with van der Waals surface area (Å²) in [5.41, 5.74) is 4.18. The second-order valence-electron chi connectivity index (χ2n) is 14.9. The molecule has 4 aromatic heterocycles. The van der Waals surface area contributed by atoms with Gasteiger partial charge >= 0.3 is 12.2 Å². The molecule has 2 fully saturated rings. The number of pyridine rings is 2. The third-order valence-electron chi connectivity index (χ3n) is 8.47. The maximum Gasteiger partial charge on any atom is 0.410 e. The molecule has 0 spiro atoms. The van der Waals surface area contributed by atoms with E-state index in [1.54, 1.807) is 15.8 Å². The number of imidazole rings is 1. The van der Waals surface area contributed by atoms with E-state index in [1.807, 2.05) is 87.8 Å². The molecule has 0 radical (unpaired) electrons. The fourth-order valence-corrected chi connectivity index (χ4v) is 5.89. The number of piperazine rings is 1. The molecule has 0 unspecified atom stereocenters. The number of hydrogen-bond donors (Lipinski definition) is 0. The summed E-state index contributed by atoms with van der Waals surface area (Å²) in [5.74, 6) is 0.536. The minimum absolute atomic E-state index is 0.274. The van der Waals surface area contributed by atoms with Gasteiger partial charge in [0.25, 0.3) is 0 Å². The number of carbonyl (C=O) groups is 2. The molecule has 5 heterocycles. The summed E-state index contributed by atoms with van der Waals surface area (Å²) in [6, 6.07) is 6.06. The standard InChI is InChI=1S/C35H47N9O4/c1-34(2,3)47-32(45)41-14-12-40(13-15-41)29-16-27(17-36-18-29)30-24-44(39-38-30)23-28-22-42-20-26(10-11-31(42)37-28)21-43(19-25-8-7-9-25)33(46)48-35(4,5)6/h10-11,16-18,20,22,24-25H,7-9,12-15,19,21,23H2,1-6H3. The smallest absolute Gasteiger partial charge is 0.410 e. The molecule has 0 N–H and O–H groups in total. The van der Waals surface area contributed by atoms with E-state index >= 15 is 0 Å². The van der Waals surface area contributed by atoms with E-state index in [-0.39, 0.29) is 12.2 Å². The Morgan fingerprint density at radius 2 is 1.69 bits per heavy atom. The molecule has 13 heteroatoms. The van der Waals surface area contributed by atoms with Gasteiger partial charge in [0.2, 0.25) is 0 Å². The number of aromatic nitrogens is 6. The molecule has 0 bridgehead atoms. The Labute approximate surface area is 281 Å². The minimum atomic E-state index is -0.543. The summed E-state index contributed by atoms with van der Waals surface area (Å²) in [6.07, 6.45) is 12.5. The van der Waals surface area contributed by atoms with Crippen LogP contribution < -0.4 is 4.90 Å². The van der Waals surface area contributed by atoms with Crippen LogP contribution in [-0.2, 0) is 22.6 Å². The van der Waals surface area contributed by atoms with Crippen molar-refractivity contribution < 1.29 is 19.1 Å². The Morgan fingerprint density at radius 3 is 2.38 bits per heavy atom. The van der Waals surface area contributed by atoms with Gasteiger partial charge < -0.3 is 28.6 Å². The van der Waals surface area contributed by atoms with Crippen molar-refractivity contribution in [2.24, 2.45) is 5.92 Å². The number of carbonyl (C=O) groups excluding carboxylic acids is 2. The number of amides is 2. The van der Waals surface area contributed by atoms with Crippen molar-refractivity contribution in [1.82, 2.24) is 39.2 Å². The van der Waals surface area contributed by atoms with Crippen LogP contribution in [0.3, 0.4) is 0 Å². The molecule has 1 aliphatic carbocycles. The average Bonchev–Trinajstić information content (AvgIpc) is 3.63. The maximum atomic E-state index is 13.0. The average molecular weight is 658 g/mol. The van der Waals surface area contributed by atoms with Crippen LogP contribution in [0.1, 0.15) is 72.1 Å². The summed E-state index contributed by atoms with van der Waals surface area (Å²) in [5, 5.41) is 8.78. The quantitative estimate of drug-likeness (QED) is 0.237. The zero-order chi connectivity index (χ0) is 34.1. The van der Waals surface area contributed by atoms with Crippen molar-refractivity contribution in [3.8, 4) is 11.3 Å². The molecule has 6 rings (SSSR count). The van der Waals surface area contributed by atoms with Crippen molar-refractivity contribution in [2.45, 2.75) is 85.1 Å². The van der Waals surface area contributed by atoms with E-state index in [0.29, 0.717) is 51.7 Å². The van der Waals surface area contributed by atoms with Gasteiger partial charge in [0.15, 0.2) is 0 Å². The number of fused-ring (bicyclic) bond motifs is 1. The lowest BCUT2D eigenvalue weighted by atomic mass is 9.85. The lowest BCUT2D eigenvalue weighted by molar-refractivity contribution is 0.0171. The molecule has 256 valence electrons. The molecule has 0 aromatic carbocycles. The largest absolute Gasteiger partial charge is 0.444 e. The fraction of sp³-hybridized carbons (Fsp3) is 0.543. The van der Waals surface area contributed by atoms with Crippen molar-refractivity contribution in [1.29, 1.82) is 0 Å². The van der Waals surface area contributed by atoms with E-state index in [4.69, 9.17) is 14.5 Å². The first-order valence-corrected chi connectivity index (χ1v) is 16.8. The van der Waals surface area contributed by atoms with Crippen molar-refractivity contribution in [3.63, 3.8) is 0 Å². The number of anilines is 1. The maximum absolute atomic E-state index is 13.0. The third-order valence-corrected chi connectivity index (χ3v) is 8.47. The van der Waals surface area contributed by atoms with Crippen molar-refractivity contribution in [2.75, 3.05) is 37.6 Å². The number of rotatable bonds is 8. The first kappa shape index (κ1) is 33.2. The fourth-order valence-electron chi connectivity index (χ4n) is 5.89. The molecule has 0 atom stereocenters. The van der Waals surface area contributed by atoms with E-state index in [1.165, 1.54) is 6.42 Å². The van der Waals surface area contributed by atoms with E-state index < -0.39 is 11.2 Å². The number of nitrogens with zero attached hydrogens (tertiary/aromatic N) is 9. The van der Waals surface area contributed by atoms with Gasteiger partial charge in [-0.15, -0.1) is 5.10 Å². The van der Waals surface area contributed by atoms with Gasteiger partial charge in [0.05, 0.1) is 36.9 Å². The number of ether oxygens (including phenoxy) is 2. The van der Waals surface area contributed by atoms with Gasteiger partial charge in [-0.1, -0.05) is 17.7 Å².